The van der Waals surface area contributed by atoms with Crippen LogP contribution in [-0.2, 0) is 18.4 Å². The lowest BCUT2D eigenvalue weighted by Gasteiger charge is -2.12. The lowest BCUT2D eigenvalue weighted by atomic mass is 10.00. The Morgan fingerprint density at radius 1 is 1.00 bits per heavy atom. The number of aryl methyl sites for hydroxylation is 4. The summed E-state index contributed by atoms with van der Waals surface area (Å²) in [7, 11) is 1.66. The lowest BCUT2D eigenvalue weighted by molar-refractivity contribution is -0.118. The van der Waals surface area contributed by atoms with Crippen molar-refractivity contribution >= 4 is 28.4 Å². The van der Waals surface area contributed by atoms with Crippen molar-refractivity contribution < 1.29 is 4.79 Å². The number of carbonyl (C=O) groups excluding carboxylic acids is 1. The third kappa shape index (κ3) is 5.12. The first-order valence-corrected chi connectivity index (χ1v) is 11.6. The molecule has 33 heavy (non-hydrogen) atoms. The second kappa shape index (κ2) is 9.54. The summed E-state index contributed by atoms with van der Waals surface area (Å²) in [6.07, 6.45) is 0. The van der Waals surface area contributed by atoms with Crippen molar-refractivity contribution in [1.29, 1.82) is 0 Å². The molecule has 2 heterocycles. The number of rotatable bonds is 6. The van der Waals surface area contributed by atoms with Crippen molar-refractivity contribution in [1.82, 2.24) is 25.1 Å². The molecule has 8 heteroatoms. The Kier molecular flexibility index (Phi) is 6.55. The fraction of sp³-hybridized carbons (Fsp3) is 0.240. The van der Waals surface area contributed by atoms with Gasteiger partial charge in [-0.2, -0.15) is 5.10 Å². The normalized spacial score (nSPS) is 11.0. The minimum atomic E-state index is -0.126. The summed E-state index contributed by atoms with van der Waals surface area (Å²) in [4.78, 5) is 33.6. The fourth-order valence-electron chi connectivity index (χ4n) is 3.66. The van der Waals surface area contributed by atoms with Gasteiger partial charge in [-0.05, 0) is 50.1 Å². The monoisotopic (exact) mass is 459 g/mol. The summed E-state index contributed by atoms with van der Waals surface area (Å²) in [5.74, 6) is 0.160. The van der Waals surface area contributed by atoms with Gasteiger partial charge >= 0.3 is 0 Å². The van der Waals surface area contributed by atoms with Gasteiger partial charge in [0.15, 0.2) is 5.16 Å². The number of benzene rings is 2. The molecule has 0 aliphatic heterocycles. The molecule has 4 aromatic rings. The van der Waals surface area contributed by atoms with Crippen molar-refractivity contribution in [2.75, 3.05) is 5.75 Å². The minimum absolute atomic E-state index is 0.0850. The Hall–Kier alpha value is -3.52. The van der Waals surface area contributed by atoms with Crippen LogP contribution in [0.4, 0.5) is 0 Å². The molecule has 0 unspecified atom stereocenters. The van der Waals surface area contributed by atoms with Gasteiger partial charge in [-0.25, -0.2) is 14.6 Å². The first-order valence-electron chi connectivity index (χ1n) is 10.6. The van der Waals surface area contributed by atoms with Crippen LogP contribution in [0.15, 0.2) is 58.5 Å². The van der Waals surface area contributed by atoms with Crippen molar-refractivity contribution in [2.24, 2.45) is 7.05 Å². The standard InChI is InChI=1S/C25H25N5O2S/c1-15-9-10-18(23-20-7-5-6-8-21(20)24(32)30(4)29-23)12-19(15)13-26-22(31)14-33-25-27-16(2)11-17(3)28-25/h5-12H,13-14H2,1-4H3,(H,26,31). The van der Waals surface area contributed by atoms with Gasteiger partial charge in [-0.15, -0.1) is 0 Å². The van der Waals surface area contributed by atoms with E-state index in [0.717, 1.165) is 39.2 Å². The topological polar surface area (TPSA) is 89.8 Å². The lowest BCUT2D eigenvalue weighted by Crippen LogP contribution is -2.25. The van der Waals surface area contributed by atoms with Gasteiger partial charge in [0.25, 0.3) is 5.56 Å². The number of aromatic nitrogens is 4. The zero-order valence-electron chi connectivity index (χ0n) is 19.0. The molecule has 168 valence electrons. The summed E-state index contributed by atoms with van der Waals surface area (Å²) in [6, 6.07) is 15.4. The zero-order chi connectivity index (χ0) is 23.5. The van der Waals surface area contributed by atoms with Crippen molar-refractivity contribution in [2.45, 2.75) is 32.5 Å². The van der Waals surface area contributed by atoms with Crippen LogP contribution in [0.2, 0.25) is 0 Å². The van der Waals surface area contributed by atoms with E-state index < -0.39 is 0 Å². The van der Waals surface area contributed by atoms with E-state index in [1.165, 1.54) is 16.4 Å². The van der Waals surface area contributed by atoms with Crippen molar-refractivity contribution in [3.05, 3.63) is 81.4 Å². The molecule has 0 atom stereocenters. The molecule has 2 aromatic heterocycles. The molecule has 0 aliphatic carbocycles. The van der Waals surface area contributed by atoms with Crippen LogP contribution in [0.1, 0.15) is 22.5 Å². The molecule has 0 bridgehead atoms. The molecule has 0 radical (unpaired) electrons. The zero-order valence-corrected chi connectivity index (χ0v) is 19.9. The number of fused-ring (bicyclic) bond motifs is 1. The minimum Gasteiger partial charge on any atom is -0.351 e. The third-order valence-electron chi connectivity index (χ3n) is 5.35. The number of hydrogen-bond donors (Lipinski definition) is 1. The summed E-state index contributed by atoms with van der Waals surface area (Å²) in [5.41, 5.74) is 5.35. The first kappa shape index (κ1) is 22.7. The molecule has 7 nitrogen and oxygen atoms in total. The smallest absolute Gasteiger partial charge is 0.274 e. The second-order valence-corrected chi connectivity index (χ2v) is 8.91. The Morgan fingerprint density at radius 3 is 2.42 bits per heavy atom. The molecule has 1 N–H and O–H groups in total. The highest BCUT2D eigenvalue weighted by molar-refractivity contribution is 7.99. The van der Waals surface area contributed by atoms with E-state index in [9.17, 15) is 9.59 Å². The molecule has 2 aromatic carbocycles. The van der Waals surface area contributed by atoms with Gasteiger partial charge < -0.3 is 5.32 Å². The number of thioether (sulfide) groups is 1. The number of hydrogen-bond acceptors (Lipinski definition) is 6. The van der Waals surface area contributed by atoms with E-state index >= 15 is 0 Å². The average molecular weight is 460 g/mol. The predicted molar refractivity (Wildman–Crippen MR) is 131 cm³/mol. The molecule has 0 aliphatic rings. The highest BCUT2D eigenvalue weighted by atomic mass is 32.2. The molecular weight excluding hydrogens is 434 g/mol. The summed E-state index contributed by atoms with van der Waals surface area (Å²) < 4.78 is 1.37. The van der Waals surface area contributed by atoms with Gasteiger partial charge in [0.2, 0.25) is 5.91 Å². The van der Waals surface area contributed by atoms with Gasteiger partial charge in [-0.1, -0.05) is 42.1 Å². The predicted octanol–water partition coefficient (Wildman–Crippen LogP) is 3.72. The van der Waals surface area contributed by atoms with E-state index in [1.54, 1.807) is 7.05 Å². The molecule has 0 fully saturated rings. The second-order valence-electron chi connectivity index (χ2n) is 7.96. The third-order valence-corrected chi connectivity index (χ3v) is 6.20. The maximum atomic E-state index is 12.5. The van der Waals surface area contributed by atoms with Crippen LogP contribution in [-0.4, -0.2) is 31.4 Å². The summed E-state index contributed by atoms with van der Waals surface area (Å²) >= 11 is 1.32. The number of amides is 1. The van der Waals surface area contributed by atoms with E-state index in [4.69, 9.17) is 0 Å². The highest BCUT2D eigenvalue weighted by Gasteiger charge is 2.13. The molecule has 0 spiro atoms. The average Bonchev–Trinajstić information content (AvgIpc) is 2.79. The van der Waals surface area contributed by atoms with Crippen molar-refractivity contribution in [3.8, 4) is 11.3 Å². The van der Waals surface area contributed by atoms with Crippen LogP contribution in [0, 0.1) is 20.8 Å². The number of carbonyl (C=O) groups is 1. The van der Waals surface area contributed by atoms with Gasteiger partial charge in [0, 0.05) is 35.9 Å². The molecule has 4 rings (SSSR count). The SMILES string of the molecule is Cc1cc(C)nc(SCC(=O)NCc2cc(-c3nn(C)c(=O)c4ccccc34)ccc2C)n1. The largest absolute Gasteiger partial charge is 0.351 e. The fourth-order valence-corrected chi connectivity index (χ4v) is 4.43. The van der Waals surface area contributed by atoms with E-state index in [0.29, 0.717) is 17.1 Å². The number of nitrogens with zero attached hydrogens (tertiary/aromatic N) is 4. The number of nitrogens with one attached hydrogen (secondary N) is 1. The molecular formula is C25H25N5O2S. The van der Waals surface area contributed by atoms with E-state index in [-0.39, 0.29) is 17.2 Å². The Morgan fingerprint density at radius 2 is 1.70 bits per heavy atom. The quantitative estimate of drug-likeness (QED) is 0.349. The van der Waals surface area contributed by atoms with Gasteiger partial charge in [0.1, 0.15) is 0 Å². The van der Waals surface area contributed by atoms with Crippen LogP contribution < -0.4 is 10.9 Å². The Labute approximate surface area is 196 Å². The summed E-state index contributed by atoms with van der Waals surface area (Å²) in [5, 5.41) is 9.54. The maximum absolute atomic E-state index is 12.5. The van der Waals surface area contributed by atoms with Crippen LogP contribution in [0.3, 0.4) is 0 Å². The Bertz CT molecular complexity index is 1390. The van der Waals surface area contributed by atoms with Crippen molar-refractivity contribution in [3.63, 3.8) is 0 Å². The van der Waals surface area contributed by atoms with E-state index in [1.807, 2.05) is 69.3 Å². The van der Waals surface area contributed by atoms with Gasteiger partial charge in [0.05, 0.1) is 16.8 Å². The molecule has 0 saturated heterocycles. The van der Waals surface area contributed by atoms with Gasteiger partial charge in [-0.3, -0.25) is 9.59 Å². The van der Waals surface area contributed by atoms with E-state index in [2.05, 4.69) is 20.4 Å². The molecule has 1 amide bonds. The molecule has 0 saturated carbocycles. The van der Waals surface area contributed by atoms with Crippen LogP contribution in [0.5, 0.6) is 0 Å². The highest BCUT2D eigenvalue weighted by Crippen LogP contribution is 2.26. The Balaban J connectivity index is 1.52. The summed E-state index contributed by atoms with van der Waals surface area (Å²) in [6.45, 7) is 6.24. The first-order chi connectivity index (χ1) is 15.8. The maximum Gasteiger partial charge on any atom is 0.274 e. The van der Waals surface area contributed by atoms with Crippen LogP contribution >= 0.6 is 11.8 Å². The van der Waals surface area contributed by atoms with Crippen LogP contribution in [0.25, 0.3) is 22.0 Å².